The highest BCUT2D eigenvalue weighted by molar-refractivity contribution is 6.05. The van der Waals surface area contributed by atoms with Crippen LogP contribution in [0.3, 0.4) is 0 Å². The van der Waals surface area contributed by atoms with Crippen molar-refractivity contribution in [3.05, 3.63) is 83.8 Å². The number of aromatic nitrogens is 1. The van der Waals surface area contributed by atoms with Gasteiger partial charge in [0, 0.05) is 18.2 Å². The molecule has 0 fully saturated rings. The minimum Gasteiger partial charge on any atom is -0.343 e. The lowest BCUT2D eigenvalue weighted by Crippen LogP contribution is -2.38. The first kappa shape index (κ1) is 19.9. The second-order valence-electron chi connectivity index (χ2n) is 6.77. The molecule has 28 heavy (non-hydrogen) atoms. The molecule has 1 unspecified atom stereocenters. The molecule has 0 bridgehead atoms. The maximum Gasteiger partial charge on any atom is 0.256 e. The molecule has 0 saturated carbocycles. The molecule has 1 aromatic carbocycles. The van der Waals surface area contributed by atoms with E-state index in [9.17, 15) is 9.18 Å². The van der Waals surface area contributed by atoms with Crippen LogP contribution in [-0.4, -0.2) is 22.8 Å². The van der Waals surface area contributed by atoms with Gasteiger partial charge in [-0.1, -0.05) is 30.4 Å². The number of anilines is 1. The van der Waals surface area contributed by atoms with Gasteiger partial charge < -0.3 is 14.8 Å². The SMILES string of the molecule is CC(C)OC1(OCc2cccc(F)c2)C=C(C(=O)Nc2ccccn2)C=CC1. The summed E-state index contributed by atoms with van der Waals surface area (Å²) in [6, 6.07) is 11.5. The van der Waals surface area contributed by atoms with Gasteiger partial charge in [0.15, 0.2) is 5.79 Å². The minimum atomic E-state index is -1.11. The van der Waals surface area contributed by atoms with Crippen LogP contribution in [-0.2, 0) is 20.9 Å². The largest absolute Gasteiger partial charge is 0.343 e. The van der Waals surface area contributed by atoms with E-state index in [1.54, 1.807) is 48.7 Å². The van der Waals surface area contributed by atoms with Crippen molar-refractivity contribution in [3.8, 4) is 0 Å². The molecule has 1 aromatic heterocycles. The molecular weight excluding hydrogens is 359 g/mol. The lowest BCUT2D eigenvalue weighted by atomic mass is 10.00. The lowest BCUT2D eigenvalue weighted by molar-refractivity contribution is -0.227. The van der Waals surface area contributed by atoms with Gasteiger partial charge >= 0.3 is 0 Å². The standard InChI is InChI=1S/C22H23FN2O3/c1-16(2)28-22(27-15-17-7-5-9-19(23)13-17)11-6-8-18(14-22)21(26)25-20-10-3-4-12-24-20/h3-10,12-14,16H,11,15H2,1-2H3,(H,24,25,26). The Bertz CT molecular complexity index is 880. The van der Waals surface area contributed by atoms with Crippen LogP contribution < -0.4 is 5.32 Å². The smallest absolute Gasteiger partial charge is 0.256 e. The van der Waals surface area contributed by atoms with Gasteiger partial charge in [-0.05, 0) is 49.8 Å². The molecule has 146 valence electrons. The normalized spacial score (nSPS) is 18.8. The van der Waals surface area contributed by atoms with Gasteiger partial charge in [0.05, 0.1) is 12.7 Å². The highest BCUT2D eigenvalue weighted by Crippen LogP contribution is 2.30. The fourth-order valence-corrected chi connectivity index (χ4v) is 2.91. The van der Waals surface area contributed by atoms with E-state index in [4.69, 9.17) is 9.47 Å². The average molecular weight is 382 g/mol. The van der Waals surface area contributed by atoms with Gasteiger partial charge in [-0.25, -0.2) is 9.37 Å². The third-order valence-corrected chi connectivity index (χ3v) is 4.05. The van der Waals surface area contributed by atoms with E-state index in [0.29, 0.717) is 23.4 Å². The number of pyridine rings is 1. The predicted octanol–water partition coefficient (Wildman–Crippen LogP) is 4.38. The zero-order valence-electron chi connectivity index (χ0n) is 15.9. The van der Waals surface area contributed by atoms with E-state index < -0.39 is 5.79 Å². The number of hydrogen-bond acceptors (Lipinski definition) is 4. The molecule has 1 heterocycles. The molecule has 6 heteroatoms. The first-order valence-corrected chi connectivity index (χ1v) is 9.14. The highest BCUT2D eigenvalue weighted by atomic mass is 19.1. The second kappa shape index (κ2) is 8.91. The number of halogens is 1. The molecule has 0 spiro atoms. The number of amides is 1. The quantitative estimate of drug-likeness (QED) is 0.722. The van der Waals surface area contributed by atoms with E-state index in [1.165, 1.54) is 12.1 Å². The lowest BCUT2D eigenvalue weighted by Gasteiger charge is -2.34. The maximum absolute atomic E-state index is 13.4. The number of nitrogens with zero attached hydrogens (tertiary/aromatic N) is 1. The highest BCUT2D eigenvalue weighted by Gasteiger charge is 2.33. The van der Waals surface area contributed by atoms with Crippen molar-refractivity contribution in [2.24, 2.45) is 0 Å². The van der Waals surface area contributed by atoms with Crippen LogP contribution >= 0.6 is 0 Å². The van der Waals surface area contributed by atoms with E-state index in [1.807, 2.05) is 19.9 Å². The molecule has 1 aliphatic rings. The van der Waals surface area contributed by atoms with Crippen LogP contribution in [0, 0.1) is 5.82 Å². The summed E-state index contributed by atoms with van der Waals surface area (Å²) in [6.07, 6.45) is 7.16. The summed E-state index contributed by atoms with van der Waals surface area (Å²) in [6.45, 7) is 3.95. The van der Waals surface area contributed by atoms with Crippen LogP contribution in [0.4, 0.5) is 10.2 Å². The summed E-state index contributed by atoms with van der Waals surface area (Å²) in [4.78, 5) is 16.7. The first-order valence-electron chi connectivity index (χ1n) is 9.14. The molecule has 5 nitrogen and oxygen atoms in total. The summed E-state index contributed by atoms with van der Waals surface area (Å²) < 4.78 is 25.5. The Morgan fingerprint density at radius 2 is 2.14 bits per heavy atom. The first-order chi connectivity index (χ1) is 13.5. The topological polar surface area (TPSA) is 60.5 Å². The van der Waals surface area contributed by atoms with Gasteiger partial charge in [-0.15, -0.1) is 0 Å². The molecule has 0 saturated heterocycles. The van der Waals surface area contributed by atoms with Crippen molar-refractivity contribution in [3.63, 3.8) is 0 Å². The maximum atomic E-state index is 13.4. The third-order valence-electron chi connectivity index (χ3n) is 4.05. The molecule has 0 aliphatic heterocycles. The Hall–Kier alpha value is -2.83. The Morgan fingerprint density at radius 1 is 1.29 bits per heavy atom. The van der Waals surface area contributed by atoms with Crippen molar-refractivity contribution in [1.29, 1.82) is 0 Å². The molecule has 1 aliphatic carbocycles. The van der Waals surface area contributed by atoms with E-state index in [2.05, 4.69) is 10.3 Å². The zero-order valence-corrected chi connectivity index (χ0v) is 15.9. The van der Waals surface area contributed by atoms with Crippen LogP contribution in [0.5, 0.6) is 0 Å². The van der Waals surface area contributed by atoms with Crippen LogP contribution in [0.1, 0.15) is 25.8 Å². The second-order valence-corrected chi connectivity index (χ2v) is 6.77. The van der Waals surface area contributed by atoms with Gasteiger partial charge in [0.1, 0.15) is 11.6 Å². The fourth-order valence-electron chi connectivity index (χ4n) is 2.91. The number of hydrogen-bond donors (Lipinski definition) is 1. The summed E-state index contributed by atoms with van der Waals surface area (Å²) in [5.41, 5.74) is 1.10. The molecule has 3 rings (SSSR count). The van der Waals surface area contributed by atoms with Gasteiger partial charge in [-0.2, -0.15) is 0 Å². The number of nitrogens with one attached hydrogen (secondary N) is 1. The van der Waals surface area contributed by atoms with E-state index in [0.717, 1.165) is 0 Å². The molecule has 1 N–H and O–H groups in total. The summed E-state index contributed by atoms with van der Waals surface area (Å²) >= 11 is 0. The molecular formula is C22H23FN2O3. The van der Waals surface area contributed by atoms with Crippen molar-refractivity contribution in [2.75, 3.05) is 5.32 Å². The van der Waals surface area contributed by atoms with Gasteiger partial charge in [0.25, 0.3) is 5.91 Å². The zero-order chi connectivity index (χ0) is 20.0. The molecule has 1 atom stereocenters. The van der Waals surface area contributed by atoms with Crippen molar-refractivity contribution in [2.45, 2.75) is 38.8 Å². The number of carbonyl (C=O) groups is 1. The third kappa shape index (κ3) is 5.34. The van der Waals surface area contributed by atoms with Crippen LogP contribution in [0.2, 0.25) is 0 Å². The van der Waals surface area contributed by atoms with Crippen molar-refractivity contribution in [1.82, 2.24) is 4.98 Å². The van der Waals surface area contributed by atoms with Crippen LogP contribution in [0.15, 0.2) is 72.5 Å². The molecule has 0 radical (unpaired) electrons. The summed E-state index contributed by atoms with van der Waals surface area (Å²) in [5.74, 6) is -1.27. The fraction of sp³-hybridized carbons (Fsp3) is 0.273. The van der Waals surface area contributed by atoms with Crippen LogP contribution in [0.25, 0.3) is 0 Å². The Kier molecular flexibility index (Phi) is 6.34. The average Bonchev–Trinajstić information content (AvgIpc) is 2.67. The molecule has 1 amide bonds. The number of carbonyl (C=O) groups excluding carboxylic acids is 1. The Morgan fingerprint density at radius 3 is 2.86 bits per heavy atom. The number of ether oxygens (including phenoxy) is 2. The van der Waals surface area contributed by atoms with Crippen molar-refractivity contribution < 1.29 is 18.7 Å². The number of rotatable bonds is 7. The summed E-state index contributed by atoms with van der Waals surface area (Å²) in [7, 11) is 0. The van der Waals surface area contributed by atoms with Crippen molar-refractivity contribution >= 4 is 11.7 Å². The summed E-state index contributed by atoms with van der Waals surface area (Å²) in [5, 5.41) is 2.75. The van der Waals surface area contributed by atoms with E-state index in [-0.39, 0.29) is 24.4 Å². The van der Waals surface area contributed by atoms with E-state index >= 15 is 0 Å². The predicted molar refractivity (Wildman–Crippen MR) is 105 cm³/mol. The Balaban J connectivity index is 1.78. The Labute approximate surface area is 163 Å². The molecule has 2 aromatic rings. The van der Waals surface area contributed by atoms with Gasteiger partial charge in [-0.3, -0.25) is 4.79 Å². The number of benzene rings is 1. The van der Waals surface area contributed by atoms with Gasteiger partial charge in [0.2, 0.25) is 0 Å². The minimum absolute atomic E-state index is 0.129. The monoisotopic (exact) mass is 382 g/mol.